The summed E-state index contributed by atoms with van der Waals surface area (Å²) >= 11 is 1.70. The van der Waals surface area contributed by atoms with E-state index in [0.717, 1.165) is 22.6 Å². The van der Waals surface area contributed by atoms with Crippen molar-refractivity contribution in [2.75, 3.05) is 5.75 Å². The number of benzene rings is 1. The van der Waals surface area contributed by atoms with Crippen LogP contribution in [0, 0.1) is 5.82 Å². The van der Waals surface area contributed by atoms with E-state index in [2.05, 4.69) is 5.32 Å². The predicted octanol–water partition coefficient (Wildman–Crippen LogP) is 2.64. The summed E-state index contributed by atoms with van der Waals surface area (Å²) in [5, 5.41) is 2.93. The zero-order valence-electron chi connectivity index (χ0n) is 10.7. The summed E-state index contributed by atoms with van der Waals surface area (Å²) in [7, 11) is 0. The van der Waals surface area contributed by atoms with Crippen LogP contribution in [0.2, 0.25) is 0 Å². The monoisotopic (exact) mass is 304 g/mol. The van der Waals surface area contributed by atoms with Crippen molar-refractivity contribution in [2.45, 2.75) is 36.7 Å². The van der Waals surface area contributed by atoms with Crippen molar-refractivity contribution in [2.24, 2.45) is 5.73 Å². The Kier molecular flexibility index (Phi) is 6.10. The molecule has 1 aromatic rings. The molecule has 0 saturated carbocycles. The number of hydrogen-bond acceptors (Lipinski definition) is 3. The first kappa shape index (κ1) is 16.3. The summed E-state index contributed by atoms with van der Waals surface area (Å²) in [5.74, 6) is 0.599. The molecule has 0 radical (unpaired) electrons. The van der Waals surface area contributed by atoms with Crippen LogP contribution in [-0.2, 0) is 4.79 Å². The highest BCUT2D eigenvalue weighted by atomic mass is 35.5. The highest BCUT2D eigenvalue weighted by Gasteiger charge is 2.22. The summed E-state index contributed by atoms with van der Waals surface area (Å²) in [5.41, 5.74) is 6.47. The lowest BCUT2D eigenvalue weighted by molar-refractivity contribution is -0.122. The molecule has 0 bridgehead atoms. The molecule has 1 aromatic carbocycles. The second-order valence-corrected chi connectivity index (χ2v) is 5.76. The van der Waals surface area contributed by atoms with E-state index in [9.17, 15) is 9.18 Å². The maximum atomic E-state index is 13.3. The number of amides is 1. The van der Waals surface area contributed by atoms with Gasteiger partial charge < -0.3 is 11.1 Å². The van der Waals surface area contributed by atoms with Gasteiger partial charge in [-0.05, 0) is 37.1 Å². The Labute approximate surface area is 122 Å². The zero-order valence-corrected chi connectivity index (χ0v) is 12.3. The quantitative estimate of drug-likeness (QED) is 0.902. The number of nitrogens with one attached hydrogen (secondary N) is 1. The normalized spacial score (nSPS) is 19.0. The van der Waals surface area contributed by atoms with Gasteiger partial charge in [0.1, 0.15) is 5.82 Å². The molecule has 2 atom stereocenters. The lowest BCUT2D eigenvalue weighted by Crippen LogP contribution is -2.34. The second-order valence-electron chi connectivity index (χ2n) is 4.62. The third-order valence-electron chi connectivity index (χ3n) is 2.85. The Morgan fingerprint density at radius 2 is 2.37 bits per heavy atom. The van der Waals surface area contributed by atoms with Crippen LogP contribution in [0.1, 0.15) is 31.4 Å². The first-order chi connectivity index (χ1) is 8.56. The molecular weight excluding hydrogens is 287 g/mol. The number of rotatable bonds is 3. The Bertz CT molecular complexity index is 456. The van der Waals surface area contributed by atoms with Crippen molar-refractivity contribution >= 4 is 30.1 Å². The summed E-state index contributed by atoms with van der Waals surface area (Å²) in [4.78, 5) is 12.8. The lowest BCUT2D eigenvalue weighted by Gasteiger charge is -2.26. The molecule has 0 saturated heterocycles. The minimum absolute atomic E-state index is 0. The van der Waals surface area contributed by atoms with Crippen LogP contribution < -0.4 is 11.1 Å². The van der Waals surface area contributed by atoms with Crippen LogP contribution >= 0.6 is 24.2 Å². The molecular formula is C13H18ClFN2OS. The molecule has 106 valence electrons. The number of thioether (sulfide) groups is 1. The minimum atomic E-state index is -0.261. The van der Waals surface area contributed by atoms with E-state index in [4.69, 9.17) is 5.73 Å². The van der Waals surface area contributed by atoms with Crippen molar-refractivity contribution in [3.8, 4) is 0 Å². The van der Waals surface area contributed by atoms with Crippen molar-refractivity contribution in [3.63, 3.8) is 0 Å². The van der Waals surface area contributed by atoms with Crippen molar-refractivity contribution < 1.29 is 9.18 Å². The smallest absolute Gasteiger partial charge is 0.222 e. The van der Waals surface area contributed by atoms with E-state index in [1.165, 1.54) is 12.1 Å². The zero-order chi connectivity index (χ0) is 13.1. The number of nitrogens with two attached hydrogens (primary N) is 1. The third kappa shape index (κ3) is 4.37. The second kappa shape index (κ2) is 7.12. The van der Waals surface area contributed by atoms with Gasteiger partial charge in [-0.2, -0.15) is 0 Å². The van der Waals surface area contributed by atoms with Crippen LogP contribution in [0.4, 0.5) is 4.39 Å². The minimum Gasteiger partial charge on any atom is -0.349 e. The molecule has 1 heterocycles. The first-order valence-corrected chi connectivity index (χ1v) is 7.02. The van der Waals surface area contributed by atoms with Gasteiger partial charge in [-0.25, -0.2) is 4.39 Å². The summed E-state index contributed by atoms with van der Waals surface area (Å²) in [6.07, 6.45) is 1.13. The Morgan fingerprint density at radius 3 is 3.05 bits per heavy atom. The largest absolute Gasteiger partial charge is 0.349 e. The number of hydrogen-bond donors (Lipinski definition) is 2. The SMILES string of the molecule is CC(N)CC(=O)NC1CCSc2ccc(F)cc21.Cl. The van der Waals surface area contributed by atoms with Crippen molar-refractivity contribution in [3.05, 3.63) is 29.6 Å². The molecule has 19 heavy (non-hydrogen) atoms. The van der Waals surface area contributed by atoms with Gasteiger partial charge in [0.15, 0.2) is 0 Å². The van der Waals surface area contributed by atoms with Gasteiger partial charge in [-0.3, -0.25) is 4.79 Å². The fourth-order valence-corrected chi connectivity index (χ4v) is 3.17. The molecule has 2 unspecified atom stereocenters. The molecule has 1 amide bonds. The van der Waals surface area contributed by atoms with Crippen LogP contribution in [-0.4, -0.2) is 17.7 Å². The third-order valence-corrected chi connectivity index (χ3v) is 3.98. The van der Waals surface area contributed by atoms with Crippen LogP contribution in [0.5, 0.6) is 0 Å². The molecule has 0 aromatic heterocycles. The molecule has 0 fully saturated rings. The summed E-state index contributed by atoms with van der Waals surface area (Å²) < 4.78 is 13.3. The van der Waals surface area contributed by atoms with Gasteiger partial charge in [0, 0.05) is 23.1 Å². The van der Waals surface area contributed by atoms with Gasteiger partial charge in [-0.1, -0.05) is 0 Å². The average molecular weight is 305 g/mol. The Hall–Kier alpha value is -0.780. The first-order valence-electron chi connectivity index (χ1n) is 6.03. The van der Waals surface area contributed by atoms with Crippen LogP contribution in [0.15, 0.2) is 23.1 Å². The van der Waals surface area contributed by atoms with E-state index < -0.39 is 0 Å². The predicted molar refractivity (Wildman–Crippen MR) is 78.1 cm³/mol. The molecule has 1 aliphatic rings. The van der Waals surface area contributed by atoms with Gasteiger partial charge >= 0.3 is 0 Å². The number of carbonyl (C=O) groups is 1. The molecule has 6 heteroatoms. The van der Waals surface area contributed by atoms with E-state index in [1.54, 1.807) is 24.8 Å². The number of halogens is 2. The summed E-state index contributed by atoms with van der Waals surface area (Å²) in [6, 6.07) is 4.49. The van der Waals surface area contributed by atoms with Gasteiger partial charge in [0.2, 0.25) is 5.91 Å². The summed E-state index contributed by atoms with van der Waals surface area (Å²) in [6.45, 7) is 1.80. The molecule has 0 aliphatic carbocycles. The van der Waals surface area contributed by atoms with Gasteiger partial charge in [-0.15, -0.1) is 24.2 Å². The van der Waals surface area contributed by atoms with E-state index >= 15 is 0 Å². The topological polar surface area (TPSA) is 55.1 Å². The van der Waals surface area contributed by atoms with Crippen molar-refractivity contribution in [1.29, 1.82) is 0 Å². The van der Waals surface area contributed by atoms with Gasteiger partial charge in [0.05, 0.1) is 6.04 Å². The fraction of sp³-hybridized carbons (Fsp3) is 0.462. The average Bonchev–Trinajstić information content (AvgIpc) is 2.28. The molecule has 0 spiro atoms. The molecule has 3 nitrogen and oxygen atoms in total. The molecule has 3 N–H and O–H groups in total. The maximum Gasteiger partial charge on any atom is 0.222 e. The molecule has 2 rings (SSSR count). The standard InChI is InChI=1S/C13H17FN2OS.ClH/c1-8(15)6-13(17)16-11-4-5-18-12-3-2-9(14)7-10(11)12;/h2-3,7-8,11H,4-6,15H2,1H3,(H,16,17);1H. The van der Waals surface area contributed by atoms with E-state index in [0.29, 0.717) is 6.42 Å². The Balaban J connectivity index is 0.00000180. The lowest BCUT2D eigenvalue weighted by atomic mass is 10.0. The molecule has 1 aliphatic heterocycles. The van der Waals surface area contributed by atoms with Crippen LogP contribution in [0.25, 0.3) is 0 Å². The number of fused-ring (bicyclic) bond motifs is 1. The number of carbonyl (C=O) groups excluding carboxylic acids is 1. The van der Waals surface area contributed by atoms with E-state index in [1.807, 2.05) is 0 Å². The Morgan fingerprint density at radius 1 is 1.63 bits per heavy atom. The van der Waals surface area contributed by atoms with Crippen LogP contribution in [0.3, 0.4) is 0 Å². The maximum absolute atomic E-state index is 13.3. The van der Waals surface area contributed by atoms with Crippen molar-refractivity contribution in [1.82, 2.24) is 5.32 Å². The van der Waals surface area contributed by atoms with E-state index in [-0.39, 0.29) is 36.2 Å². The highest BCUT2D eigenvalue weighted by Crippen LogP contribution is 2.36. The highest BCUT2D eigenvalue weighted by molar-refractivity contribution is 7.99. The van der Waals surface area contributed by atoms with Gasteiger partial charge in [0.25, 0.3) is 0 Å². The fourth-order valence-electron chi connectivity index (χ4n) is 2.06.